The zero-order chi connectivity index (χ0) is 27.9. The summed E-state index contributed by atoms with van der Waals surface area (Å²) in [5.74, 6) is -0.692. The van der Waals surface area contributed by atoms with Crippen LogP contribution in [0.4, 0.5) is 0 Å². The van der Waals surface area contributed by atoms with Crippen molar-refractivity contribution in [2.24, 2.45) is 5.92 Å². The number of aliphatic hydroxyl groups is 1. The fraction of sp³-hybridized carbons (Fsp3) is 0.452. The van der Waals surface area contributed by atoms with Crippen molar-refractivity contribution in [2.75, 3.05) is 13.2 Å². The number of hydrogen-bond donors (Lipinski definition) is 3. The van der Waals surface area contributed by atoms with E-state index in [-0.39, 0.29) is 43.5 Å². The monoisotopic (exact) mass is 536 g/mol. The van der Waals surface area contributed by atoms with Crippen LogP contribution in [-0.4, -0.2) is 48.2 Å². The van der Waals surface area contributed by atoms with Crippen LogP contribution in [0.15, 0.2) is 66.7 Å². The highest BCUT2D eigenvalue weighted by Crippen LogP contribution is 2.17. The summed E-state index contributed by atoms with van der Waals surface area (Å²) in [4.78, 5) is 38.0. The van der Waals surface area contributed by atoms with E-state index < -0.39 is 12.0 Å². The third-order valence-electron chi connectivity index (χ3n) is 6.52. The highest BCUT2D eigenvalue weighted by Gasteiger charge is 2.25. The Morgan fingerprint density at radius 2 is 1.85 bits per heavy atom. The van der Waals surface area contributed by atoms with Gasteiger partial charge in [-0.3, -0.25) is 14.4 Å². The summed E-state index contributed by atoms with van der Waals surface area (Å²) in [6, 6.07) is 16.7. The number of benzene rings is 2. The molecule has 1 aliphatic heterocycles. The first-order valence-corrected chi connectivity index (χ1v) is 13.7. The second-order valence-electron chi connectivity index (χ2n) is 10.0. The van der Waals surface area contributed by atoms with Crippen LogP contribution >= 0.6 is 0 Å². The Labute approximate surface area is 230 Å². The number of cyclic esters (lactones) is 1. The molecule has 2 amide bonds. The second-order valence-corrected chi connectivity index (χ2v) is 10.0. The minimum Gasteiger partial charge on any atom is -0.489 e. The summed E-state index contributed by atoms with van der Waals surface area (Å²) in [5, 5.41) is 15.0. The molecule has 2 aromatic rings. The van der Waals surface area contributed by atoms with E-state index in [9.17, 15) is 19.5 Å². The standard InChI is InChI=1S/C31H40N2O6/c1-23(20-34)32-29(35)19-26-12-8-3-2-4-9-13-30(36)39-22-27(33-31(26)37)18-24-14-16-28(17-15-24)38-21-25-10-6-5-7-11-25/h3,5-8,10-11,14-17,23,26-27,34H,2,4,9,12-13,18-22H2,1H3,(H,32,35)(H,33,37)/t23-,26+,27-/m0/s1. The van der Waals surface area contributed by atoms with Crippen LogP contribution in [0.3, 0.4) is 0 Å². The number of carbonyl (C=O) groups excluding carboxylic acids is 3. The maximum Gasteiger partial charge on any atom is 0.305 e. The van der Waals surface area contributed by atoms with E-state index in [1.165, 1.54) is 0 Å². The van der Waals surface area contributed by atoms with E-state index in [2.05, 4.69) is 10.6 Å². The van der Waals surface area contributed by atoms with Gasteiger partial charge in [0.25, 0.3) is 0 Å². The molecule has 0 unspecified atom stereocenters. The van der Waals surface area contributed by atoms with E-state index in [0.717, 1.165) is 36.1 Å². The quantitative estimate of drug-likeness (QED) is 0.331. The van der Waals surface area contributed by atoms with Gasteiger partial charge < -0.3 is 25.2 Å². The van der Waals surface area contributed by atoms with Crippen molar-refractivity contribution in [3.05, 3.63) is 77.9 Å². The zero-order valence-corrected chi connectivity index (χ0v) is 22.6. The van der Waals surface area contributed by atoms with Crippen LogP contribution in [-0.2, 0) is 32.1 Å². The van der Waals surface area contributed by atoms with Crippen molar-refractivity contribution in [3.63, 3.8) is 0 Å². The number of nitrogens with one attached hydrogen (secondary N) is 2. The molecule has 2 aromatic carbocycles. The lowest BCUT2D eigenvalue weighted by atomic mass is 9.97. The molecule has 3 rings (SSSR count). The summed E-state index contributed by atoms with van der Waals surface area (Å²) in [5.41, 5.74) is 2.03. The first-order chi connectivity index (χ1) is 18.9. The SMILES string of the molecule is C[C@@H](CO)NC(=O)C[C@H]1CC=CCCCCC(=O)OC[C@H](Cc2ccc(OCc3ccccc3)cc2)NC1=O. The van der Waals surface area contributed by atoms with Crippen molar-refractivity contribution in [1.29, 1.82) is 0 Å². The lowest BCUT2D eigenvalue weighted by Crippen LogP contribution is -2.45. The Morgan fingerprint density at radius 1 is 1.08 bits per heavy atom. The number of esters is 1. The second kappa shape index (κ2) is 16.3. The summed E-state index contributed by atoms with van der Waals surface area (Å²) in [7, 11) is 0. The largest absolute Gasteiger partial charge is 0.489 e. The fourth-order valence-electron chi connectivity index (χ4n) is 4.28. The Bertz CT molecular complexity index is 1070. The van der Waals surface area contributed by atoms with Gasteiger partial charge in [0.15, 0.2) is 0 Å². The molecule has 0 aromatic heterocycles. The molecule has 1 aliphatic rings. The Balaban J connectivity index is 1.67. The number of aliphatic hydroxyl groups excluding tert-OH is 1. The van der Waals surface area contributed by atoms with Crippen molar-refractivity contribution in [1.82, 2.24) is 10.6 Å². The topological polar surface area (TPSA) is 114 Å². The molecule has 39 heavy (non-hydrogen) atoms. The van der Waals surface area contributed by atoms with Crippen LogP contribution in [0.1, 0.15) is 56.6 Å². The van der Waals surface area contributed by atoms with Crippen LogP contribution in [0.5, 0.6) is 5.75 Å². The summed E-state index contributed by atoms with van der Waals surface area (Å²) in [6.07, 6.45) is 7.51. The van der Waals surface area contributed by atoms with E-state index in [0.29, 0.717) is 25.9 Å². The zero-order valence-electron chi connectivity index (χ0n) is 22.6. The number of amides is 2. The third kappa shape index (κ3) is 11.3. The molecule has 0 saturated heterocycles. The van der Waals surface area contributed by atoms with Gasteiger partial charge >= 0.3 is 5.97 Å². The Hall–Kier alpha value is -3.65. The lowest BCUT2D eigenvalue weighted by molar-refractivity contribution is -0.145. The molecule has 3 atom stereocenters. The molecular formula is C31H40N2O6. The number of allylic oxidation sites excluding steroid dienone is 2. The van der Waals surface area contributed by atoms with Gasteiger partial charge in [-0.05, 0) is 62.3 Å². The van der Waals surface area contributed by atoms with Gasteiger partial charge in [-0.1, -0.05) is 54.6 Å². The first-order valence-electron chi connectivity index (χ1n) is 13.7. The molecule has 3 N–H and O–H groups in total. The predicted molar refractivity (Wildman–Crippen MR) is 149 cm³/mol. The molecule has 8 heteroatoms. The van der Waals surface area contributed by atoms with Crippen LogP contribution in [0, 0.1) is 5.92 Å². The van der Waals surface area contributed by atoms with Crippen molar-refractivity contribution >= 4 is 17.8 Å². The number of rotatable bonds is 9. The molecule has 0 saturated carbocycles. The smallest absolute Gasteiger partial charge is 0.305 e. The molecule has 1 heterocycles. The average Bonchev–Trinajstić information content (AvgIpc) is 2.94. The van der Waals surface area contributed by atoms with Gasteiger partial charge in [-0.15, -0.1) is 0 Å². The summed E-state index contributed by atoms with van der Waals surface area (Å²) in [6.45, 7) is 2.04. The maximum absolute atomic E-state index is 13.3. The molecule has 8 nitrogen and oxygen atoms in total. The summed E-state index contributed by atoms with van der Waals surface area (Å²) >= 11 is 0. The van der Waals surface area contributed by atoms with E-state index in [4.69, 9.17) is 9.47 Å². The average molecular weight is 537 g/mol. The van der Waals surface area contributed by atoms with Gasteiger partial charge in [0, 0.05) is 18.9 Å². The third-order valence-corrected chi connectivity index (χ3v) is 6.52. The number of hydrogen-bond acceptors (Lipinski definition) is 6. The minimum absolute atomic E-state index is 0.000467. The van der Waals surface area contributed by atoms with Gasteiger partial charge in [0.2, 0.25) is 11.8 Å². The molecule has 0 fully saturated rings. The number of ether oxygens (including phenoxy) is 2. The van der Waals surface area contributed by atoms with Crippen molar-refractivity contribution in [2.45, 2.75) is 70.6 Å². The lowest BCUT2D eigenvalue weighted by Gasteiger charge is -2.23. The van der Waals surface area contributed by atoms with E-state index in [1.807, 2.05) is 66.7 Å². The Morgan fingerprint density at radius 3 is 2.59 bits per heavy atom. The molecule has 0 radical (unpaired) electrons. The van der Waals surface area contributed by atoms with Gasteiger partial charge in [-0.25, -0.2) is 0 Å². The normalized spacial score (nSPS) is 19.7. The van der Waals surface area contributed by atoms with Gasteiger partial charge in [0.1, 0.15) is 19.0 Å². The van der Waals surface area contributed by atoms with E-state index in [1.54, 1.807) is 6.92 Å². The van der Waals surface area contributed by atoms with Crippen molar-refractivity contribution < 1.29 is 29.0 Å². The molecule has 210 valence electrons. The Kier molecular flexibility index (Phi) is 12.5. The van der Waals surface area contributed by atoms with Crippen LogP contribution in [0.25, 0.3) is 0 Å². The van der Waals surface area contributed by atoms with Gasteiger partial charge in [0.05, 0.1) is 18.6 Å². The van der Waals surface area contributed by atoms with Crippen LogP contribution < -0.4 is 15.4 Å². The predicted octanol–water partition coefficient (Wildman–Crippen LogP) is 3.86. The molecule has 0 spiro atoms. The maximum atomic E-state index is 13.3. The molecule has 0 aliphatic carbocycles. The first kappa shape index (κ1) is 29.9. The summed E-state index contributed by atoms with van der Waals surface area (Å²) < 4.78 is 11.4. The highest BCUT2D eigenvalue weighted by atomic mass is 16.5. The van der Waals surface area contributed by atoms with Crippen LogP contribution in [0.2, 0.25) is 0 Å². The van der Waals surface area contributed by atoms with E-state index >= 15 is 0 Å². The minimum atomic E-state index is -0.581. The van der Waals surface area contributed by atoms with Crippen molar-refractivity contribution in [3.8, 4) is 5.75 Å². The molecular weight excluding hydrogens is 496 g/mol. The number of carbonyl (C=O) groups is 3. The highest BCUT2D eigenvalue weighted by molar-refractivity contribution is 5.86. The molecule has 0 bridgehead atoms. The fourth-order valence-corrected chi connectivity index (χ4v) is 4.28. The van der Waals surface area contributed by atoms with Gasteiger partial charge in [-0.2, -0.15) is 0 Å².